The van der Waals surface area contributed by atoms with Crippen molar-refractivity contribution < 1.29 is 9.53 Å². The smallest absolute Gasteiger partial charge is 0.282 e. The molecule has 1 amide bonds. The van der Waals surface area contributed by atoms with Gasteiger partial charge >= 0.3 is 0 Å². The summed E-state index contributed by atoms with van der Waals surface area (Å²) in [5.74, 6) is 1.08. The Morgan fingerprint density at radius 3 is 2.40 bits per heavy atom. The van der Waals surface area contributed by atoms with E-state index in [9.17, 15) is 4.79 Å². The molecule has 5 nitrogen and oxygen atoms in total. The fraction of sp³-hybridized carbons (Fsp3) is 0.143. The van der Waals surface area contributed by atoms with Crippen molar-refractivity contribution >= 4 is 62.2 Å². The number of halogens is 1. The van der Waals surface area contributed by atoms with Crippen LogP contribution in [0.2, 0.25) is 5.02 Å². The molecular weight excluding hydrogens is 478 g/mol. The van der Waals surface area contributed by atoms with Crippen molar-refractivity contribution in [3.63, 3.8) is 0 Å². The maximum Gasteiger partial charge on any atom is 0.282 e. The molecule has 0 saturated heterocycles. The highest BCUT2D eigenvalue weighted by Gasteiger charge is 2.35. The van der Waals surface area contributed by atoms with Gasteiger partial charge in [-0.05, 0) is 61.0 Å². The van der Waals surface area contributed by atoms with E-state index in [0.717, 1.165) is 32.0 Å². The second kappa shape index (κ2) is 9.56. The number of amides is 1. The highest BCUT2D eigenvalue weighted by Crippen LogP contribution is 2.39. The molecule has 176 valence electrons. The Labute approximate surface area is 213 Å². The first-order valence-corrected chi connectivity index (χ1v) is 12.5. The third-order valence-corrected chi connectivity index (χ3v) is 7.39. The van der Waals surface area contributed by atoms with Gasteiger partial charge in [0.25, 0.3) is 5.91 Å². The minimum atomic E-state index is -0.200. The molecule has 1 aliphatic rings. The van der Waals surface area contributed by atoms with Crippen molar-refractivity contribution in [1.29, 1.82) is 0 Å². The van der Waals surface area contributed by atoms with Gasteiger partial charge in [0.2, 0.25) is 0 Å². The standard InChI is InChI=1S/C28H24ClN3O2S/c1-4-34-21-15-13-20(14-16-21)32-27(26-25(29)22-7-5-6-8-24(22)35-26)30-23(28(32)33)17-18-9-11-19(12-10-18)31(2)3/h5-17H,4H2,1-3H3/b23-17+. The van der Waals surface area contributed by atoms with E-state index in [4.69, 9.17) is 21.3 Å². The van der Waals surface area contributed by atoms with Crippen LogP contribution in [0.4, 0.5) is 11.4 Å². The molecule has 2 heterocycles. The van der Waals surface area contributed by atoms with E-state index in [0.29, 0.717) is 28.8 Å². The number of thiophene rings is 1. The number of fused-ring (bicyclic) bond motifs is 1. The number of hydrogen-bond acceptors (Lipinski definition) is 5. The van der Waals surface area contributed by atoms with Gasteiger partial charge in [-0.25, -0.2) is 4.99 Å². The Balaban J connectivity index is 1.61. The number of carbonyl (C=O) groups excluding carboxylic acids is 1. The Hall–Kier alpha value is -3.61. The van der Waals surface area contributed by atoms with E-state index in [-0.39, 0.29) is 5.91 Å². The van der Waals surface area contributed by atoms with E-state index < -0.39 is 0 Å². The molecule has 0 saturated carbocycles. The van der Waals surface area contributed by atoms with Crippen molar-refractivity contribution in [3.05, 3.63) is 94.0 Å². The maximum atomic E-state index is 13.7. The second-order valence-corrected chi connectivity index (χ2v) is 9.69. The number of hydrogen-bond donors (Lipinski definition) is 0. The molecule has 5 rings (SSSR count). The van der Waals surface area contributed by atoms with Gasteiger partial charge in [0.05, 0.1) is 22.2 Å². The van der Waals surface area contributed by atoms with Gasteiger partial charge in [0.1, 0.15) is 11.4 Å². The van der Waals surface area contributed by atoms with Crippen LogP contribution >= 0.6 is 22.9 Å². The van der Waals surface area contributed by atoms with Gasteiger partial charge < -0.3 is 9.64 Å². The Kier molecular flexibility index (Phi) is 6.32. The number of carbonyl (C=O) groups is 1. The third-order valence-electron chi connectivity index (χ3n) is 5.72. The van der Waals surface area contributed by atoms with E-state index in [1.165, 1.54) is 11.3 Å². The highest BCUT2D eigenvalue weighted by atomic mass is 35.5. The minimum absolute atomic E-state index is 0.200. The zero-order chi connectivity index (χ0) is 24.5. The Bertz CT molecular complexity index is 1450. The van der Waals surface area contributed by atoms with Gasteiger partial charge in [-0.3, -0.25) is 9.69 Å². The summed E-state index contributed by atoms with van der Waals surface area (Å²) in [6.45, 7) is 2.51. The quantitative estimate of drug-likeness (QED) is 0.271. The molecule has 0 fully saturated rings. The van der Waals surface area contributed by atoms with Crippen LogP contribution in [-0.2, 0) is 4.79 Å². The first-order chi connectivity index (χ1) is 17.0. The predicted molar refractivity (Wildman–Crippen MR) is 147 cm³/mol. The van der Waals surface area contributed by atoms with E-state index in [1.54, 1.807) is 4.90 Å². The summed E-state index contributed by atoms with van der Waals surface area (Å²) in [5.41, 5.74) is 3.05. The molecule has 0 atom stereocenters. The van der Waals surface area contributed by atoms with Gasteiger partial charge in [-0.2, -0.15) is 0 Å². The average molecular weight is 502 g/mol. The summed E-state index contributed by atoms with van der Waals surface area (Å²) in [7, 11) is 3.99. The number of nitrogens with zero attached hydrogens (tertiary/aromatic N) is 3. The Morgan fingerprint density at radius 2 is 1.74 bits per heavy atom. The summed E-state index contributed by atoms with van der Waals surface area (Å²) in [6.07, 6.45) is 1.82. The van der Waals surface area contributed by atoms with Gasteiger partial charge in [0, 0.05) is 29.9 Å². The van der Waals surface area contributed by atoms with Crippen LogP contribution in [0, 0.1) is 0 Å². The highest BCUT2D eigenvalue weighted by molar-refractivity contribution is 7.21. The molecule has 0 spiro atoms. The molecule has 4 aromatic rings. The summed E-state index contributed by atoms with van der Waals surface area (Å²) in [4.78, 5) is 22.9. The summed E-state index contributed by atoms with van der Waals surface area (Å²) < 4.78 is 6.63. The van der Waals surface area contributed by atoms with Gasteiger partial charge in [-0.1, -0.05) is 41.9 Å². The van der Waals surface area contributed by atoms with Crippen molar-refractivity contribution in [3.8, 4) is 5.75 Å². The molecule has 0 radical (unpaired) electrons. The first-order valence-electron chi connectivity index (χ1n) is 11.3. The molecule has 7 heteroatoms. The summed E-state index contributed by atoms with van der Waals surface area (Å²) in [6, 6.07) is 23.4. The van der Waals surface area contributed by atoms with Crippen LogP contribution in [0.5, 0.6) is 5.75 Å². The molecule has 0 bridgehead atoms. The molecule has 0 N–H and O–H groups in total. The number of rotatable bonds is 6. The predicted octanol–water partition coefficient (Wildman–Crippen LogP) is 6.85. The lowest BCUT2D eigenvalue weighted by atomic mass is 10.1. The van der Waals surface area contributed by atoms with Gasteiger partial charge in [-0.15, -0.1) is 11.3 Å². The van der Waals surface area contributed by atoms with E-state index in [1.807, 2.05) is 105 Å². The lowest BCUT2D eigenvalue weighted by molar-refractivity contribution is -0.113. The fourth-order valence-corrected chi connectivity index (χ4v) is 5.45. The summed E-state index contributed by atoms with van der Waals surface area (Å²) >= 11 is 8.34. The minimum Gasteiger partial charge on any atom is -0.494 e. The average Bonchev–Trinajstić information content (AvgIpc) is 3.37. The second-order valence-electron chi connectivity index (χ2n) is 8.26. The first kappa shape index (κ1) is 23.1. The van der Waals surface area contributed by atoms with Crippen LogP contribution in [0.25, 0.3) is 16.2 Å². The number of benzene rings is 3. The topological polar surface area (TPSA) is 45.1 Å². The molecule has 1 aromatic heterocycles. The number of amidine groups is 1. The van der Waals surface area contributed by atoms with Crippen LogP contribution in [0.1, 0.15) is 17.4 Å². The van der Waals surface area contributed by atoms with Crippen molar-refractivity contribution in [2.75, 3.05) is 30.5 Å². The Morgan fingerprint density at radius 1 is 1.03 bits per heavy atom. The fourth-order valence-electron chi connectivity index (χ4n) is 3.95. The lowest BCUT2D eigenvalue weighted by Crippen LogP contribution is -2.32. The van der Waals surface area contributed by atoms with Crippen LogP contribution in [0.3, 0.4) is 0 Å². The zero-order valence-corrected chi connectivity index (χ0v) is 21.2. The molecule has 3 aromatic carbocycles. The molecule has 0 aliphatic carbocycles. The normalized spacial score (nSPS) is 14.6. The number of anilines is 2. The molecule has 35 heavy (non-hydrogen) atoms. The maximum absolute atomic E-state index is 13.7. The summed E-state index contributed by atoms with van der Waals surface area (Å²) in [5, 5.41) is 1.55. The van der Waals surface area contributed by atoms with Crippen molar-refractivity contribution in [2.24, 2.45) is 4.99 Å². The van der Waals surface area contributed by atoms with E-state index in [2.05, 4.69) is 0 Å². The van der Waals surface area contributed by atoms with Crippen LogP contribution in [-0.4, -0.2) is 32.4 Å². The third kappa shape index (κ3) is 4.43. The lowest BCUT2D eigenvalue weighted by Gasteiger charge is -2.18. The monoisotopic (exact) mass is 501 g/mol. The van der Waals surface area contributed by atoms with E-state index >= 15 is 0 Å². The van der Waals surface area contributed by atoms with Crippen molar-refractivity contribution in [1.82, 2.24) is 0 Å². The molecule has 1 aliphatic heterocycles. The van der Waals surface area contributed by atoms with Gasteiger partial charge in [0.15, 0.2) is 5.84 Å². The van der Waals surface area contributed by atoms with Crippen molar-refractivity contribution in [2.45, 2.75) is 6.92 Å². The van der Waals surface area contributed by atoms with Crippen LogP contribution < -0.4 is 14.5 Å². The molecule has 0 unspecified atom stereocenters. The number of aliphatic imine (C=N–C) groups is 1. The van der Waals surface area contributed by atoms with Crippen LogP contribution in [0.15, 0.2) is 83.5 Å². The SMILES string of the molecule is CCOc1ccc(N2C(=O)/C(=C\c3ccc(N(C)C)cc3)N=C2c2sc3ccccc3c2Cl)cc1. The number of ether oxygens (including phenoxy) is 1. The largest absolute Gasteiger partial charge is 0.494 e. The zero-order valence-electron chi connectivity index (χ0n) is 19.7. The molecular formula is C28H24ClN3O2S.